The van der Waals surface area contributed by atoms with E-state index in [1.807, 2.05) is 72.2 Å². The summed E-state index contributed by atoms with van der Waals surface area (Å²) in [6.45, 7) is 6.18. The summed E-state index contributed by atoms with van der Waals surface area (Å²) in [6, 6.07) is 15.4. The van der Waals surface area contributed by atoms with Crippen molar-refractivity contribution in [1.29, 1.82) is 0 Å². The molecule has 1 unspecified atom stereocenters. The molecule has 2 amide bonds. The highest BCUT2D eigenvalue weighted by Gasteiger charge is 2.33. The lowest BCUT2D eigenvalue weighted by Crippen LogP contribution is -2.46. The Labute approximate surface area is 178 Å². The molecule has 0 aliphatic carbocycles. The summed E-state index contributed by atoms with van der Waals surface area (Å²) >= 11 is 0. The van der Waals surface area contributed by atoms with Crippen molar-refractivity contribution in [2.45, 2.75) is 39.3 Å². The number of anilines is 1. The fraction of sp³-hybridized carbons (Fsp3) is 0.417. The van der Waals surface area contributed by atoms with Gasteiger partial charge in [0.05, 0.1) is 25.4 Å². The SMILES string of the molecule is CCN(Cc1ccccc1)C(=O)CN1CCCC1C(=O)Nc1cc(C)ccc1OC. The molecule has 1 aliphatic rings. The van der Waals surface area contributed by atoms with Crippen molar-refractivity contribution in [3.05, 3.63) is 59.7 Å². The zero-order valence-corrected chi connectivity index (χ0v) is 18.1. The minimum Gasteiger partial charge on any atom is -0.495 e. The zero-order valence-electron chi connectivity index (χ0n) is 18.1. The number of nitrogens with one attached hydrogen (secondary N) is 1. The summed E-state index contributed by atoms with van der Waals surface area (Å²) in [7, 11) is 1.59. The second kappa shape index (κ2) is 10.3. The molecule has 0 bridgehead atoms. The molecule has 2 aromatic rings. The first-order chi connectivity index (χ1) is 14.5. The molecule has 0 aromatic heterocycles. The predicted molar refractivity (Wildman–Crippen MR) is 118 cm³/mol. The van der Waals surface area contributed by atoms with Gasteiger partial charge in [0.15, 0.2) is 0 Å². The third kappa shape index (κ3) is 5.39. The minimum absolute atomic E-state index is 0.0502. The Morgan fingerprint density at radius 3 is 2.67 bits per heavy atom. The van der Waals surface area contributed by atoms with Crippen LogP contribution in [0.4, 0.5) is 5.69 Å². The molecular weight excluding hydrogens is 378 g/mol. The highest BCUT2D eigenvalue weighted by Crippen LogP contribution is 2.27. The molecule has 0 saturated carbocycles. The van der Waals surface area contributed by atoms with Gasteiger partial charge in [0.25, 0.3) is 0 Å². The van der Waals surface area contributed by atoms with Gasteiger partial charge in [-0.05, 0) is 56.5 Å². The van der Waals surface area contributed by atoms with Crippen molar-refractivity contribution >= 4 is 17.5 Å². The molecule has 2 aromatic carbocycles. The standard InChI is InChI=1S/C24H31N3O3/c1-4-26(16-19-9-6-5-7-10-19)23(28)17-27-14-8-11-21(27)24(29)25-20-15-18(2)12-13-22(20)30-3/h5-7,9-10,12-13,15,21H,4,8,11,14,16-17H2,1-3H3,(H,25,29). The molecule has 30 heavy (non-hydrogen) atoms. The van der Waals surface area contributed by atoms with Gasteiger partial charge >= 0.3 is 0 Å². The molecule has 1 fully saturated rings. The monoisotopic (exact) mass is 409 g/mol. The first kappa shape index (κ1) is 21.8. The lowest BCUT2D eigenvalue weighted by molar-refractivity contribution is -0.133. The summed E-state index contributed by atoms with van der Waals surface area (Å²) in [5.74, 6) is 0.596. The van der Waals surface area contributed by atoms with Crippen LogP contribution in [-0.2, 0) is 16.1 Å². The summed E-state index contributed by atoms with van der Waals surface area (Å²) < 4.78 is 5.37. The highest BCUT2D eigenvalue weighted by molar-refractivity contribution is 5.96. The van der Waals surface area contributed by atoms with E-state index in [2.05, 4.69) is 5.32 Å². The number of benzene rings is 2. The number of methoxy groups -OCH3 is 1. The Kier molecular flexibility index (Phi) is 7.46. The number of carbonyl (C=O) groups excluding carboxylic acids is 2. The number of hydrogen-bond donors (Lipinski definition) is 1. The van der Waals surface area contributed by atoms with E-state index < -0.39 is 0 Å². The van der Waals surface area contributed by atoms with Crippen LogP contribution < -0.4 is 10.1 Å². The van der Waals surface area contributed by atoms with Crippen LogP contribution >= 0.6 is 0 Å². The molecule has 6 nitrogen and oxygen atoms in total. The Morgan fingerprint density at radius 2 is 1.97 bits per heavy atom. The number of rotatable bonds is 8. The molecular formula is C24H31N3O3. The van der Waals surface area contributed by atoms with Crippen LogP contribution in [0.25, 0.3) is 0 Å². The smallest absolute Gasteiger partial charge is 0.241 e. The molecule has 0 radical (unpaired) electrons. The molecule has 1 heterocycles. The van der Waals surface area contributed by atoms with Crippen LogP contribution in [0.5, 0.6) is 5.75 Å². The second-order valence-corrected chi connectivity index (χ2v) is 7.72. The van der Waals surface area contributed by atoms with Crippen molar-refractivity contribution < 1.29 is 14.3 Å². The van der Waals surface area contributed by atoms with E-state index in [4.69, 9.17) is 4.74 Å². The lowest BCUT2D eigenvalue weighted by Gasteiger charge is -2.27. The highest BCUT2D eigenvalue weighted by atomic mass is 16.5. The van der Waals surface area contributed by atoms with E-state index in [0.29, 0.717) is 24.5 Å². The van der Waals surface area contributed by atoms with Crippen molar-refractivity contribution in [3.8, 4) is 5.75 Å². The first-order valence-electron chi connectivity index (χ1n) is 10.5. The van der Waals surface area contributed by atoms with E-state index in [0.717, 1.165) is 30.5 Å². The van der Waals surface area contributed by atoms with Gasteiger partial charge in [0, 0.05) is 13.1 Å². The Bertz CT molecular complexity index is 869. The largest absolute Gasteiger partial charge is 0.495 e. The van der Waals surface area contributed by atoms with Crippen LogP contribution in [0.3, 0.4) is 0 Å². The van der Waals surface area contributed by atoms with Gasteiger partial charge in [-0.15, -0.1) is 0 Å². The van der Waals surface area contributed by atoms with Crippen LogP contribution in [-0.4, -0.2) is 54.4 Å². The van der Waals surface area contributed by atoms with Crippen molar-refractivity contribution in [2.24, 2.45) is 0 Å². The van der Waals surface area contributed by atoms with Crippen LogP contribution in [0.15, 0.2) is 48.5 Å². The quantitative estimate of drug-likeness (QED) is 0.725. The van der Waals surface area contributed by atoms with E-state index in [-0.39, 0.29) is 24.4 Å². The predicted octanol–water partition coefficient (Wildman–Crippen LogP) is 3.46. The normalized spacial score (nSPS) is 16.3. The summed E-state index contributed by atoms with van der Waals surface area (Å²) in [5.41, 5.74) is 2.82. The number of likely N-dealkylation sites (tertiary alicyclic amines) is 1. The fourth-order valence-corrected chi connectivity index (χ4v) is 3.90. The van der Waals surface area contributed by atoms with E-state index in [1.54, 1.807) is 7.11 Å². The average Bonchev–Trinajstić information content (AvgIpc) is 3.21. The Balaban J connectivity index is 1.64. The molecule has 160 valence electrons. The van der Waals surface area contributed by atoms with Gasteiger partial charge < -0.3 is 15.0 Å². The van der Waals surface area contributed by atoms with E-state index in [9.17, 15) is 9.59 Å². The van der Waals surface area contributed by atoms with Crippen LogP contribution in [0.2, 0.25) is 0 Å². The number of likely N-dealkylation sites (N-methyl/N-ethyl adjacent to an activating group) is 1. The Morgan fingerprint density at radius 1 is 1.20 bits per heavy atom. The van der Waals surface area contributed by atoms with Gasteiger partial charge in [-0.2, -0.15) is 0 Å². The maximum absolute atomic E-state index is 13.0. The molecule has 1 aliphatic heterocycles. The number of nitrogens with zero attached hydrogens (tertiary/aromatic N) is 2. The third-order valence-corrected chi connectivity index (χ3v) is 5.57. The van der Waals surface area contributed by atoms with Gasteiger partial charge in [0.2, 0.25) is 11.8 Å². The number of aryl methyl sites for hydroxylation is 1. The van der Waals surface area contributed by atoms with Gasteiger partial charge in [-0.1, -0.05) is 36.4 Å². The average molecular weight is 410 g/mol. The van der Waals surface area contributed by atoms with Gasteiger partial charge in [0.1, 0.15) is 5.75 Å². The zero-order chi connectivity index (χ0) is 21.5. The van der Waals surface area contributed by atoms with Crippen LogP contribution in [0.1, 0.15) is 30.9 Å². The second-order valence-electron chi connectivity index (χ2n) is 7.72. The van der Waals surface area contributed by atoms with E-state index >= 15 is 0 Å². The minimum atomic E-state index is -0.311. The van der Waals surface area contributed by atoms with Crippen LogP contribution in [0, 0.1) is 6.92 Å². The fourth-order valence-electron chi connectivity index (χ4n) is 3.90. The number of carbonyl (C=O) groups is 2. The molecule has 3 rings (SSSR count). The van der Waals surface area contributed by atoms with E-state index in [1.165, 1.54) is 0 Å². The molecule has 6 heteroatoms. The number of ether oxygens (including phenoxy) is 1. The summed E-state index contributed by atoms with van der Waals surface area (Å²) in [4.78, 5) is 29.8. The molecule has 0 spiro atoms. The lowest BCUT2D eigenvalue weighted by atomic mass is 10.1. The Hall–Kier alpha value is -2.86. The van der Waals surface area contributed by atoms with Gasteiger partial charge in [-0.3, -0.25) is 14.5 Å². The first-order valence-corrected chi connectivity index (χ1v) is 10.5. The molecule has 1 N–H and O–H groups in total. The van der Waals surface area contributed by atoms with Crippen molar-refractivity contribution in [2.75, 3.05) is 32.1 Å². The van der Waals surface area contributed by atoms with Crippen molar-refractivity contribution in [3.63, 3.8) is 0 Å². The summed E-state index contributed by atoms with van der Waals surface area (Å²) in [5, 5.41) is 3.00. The number of hydrogen-bond acceptors (Lipinski definition) is 4. The maximum atomic E-state index is 13.0. The number of amides is 2. The molecule has 1 atom stereocenters. The summed E-state index contributed by atoms with van der Waals surface area (Å²) in [6.07, 6.45) is 1.65. The topological polar surface area (TPSA) is 61.9 Å². The maximum Gasteiger partial charge on any atom is 0.241 e. The third-order valence-electron chi connectivity index (χ3n) is 5.57. The molecule has 1 saturated heterocycles. The van der Waals surface area contributed by atoms with Gasteiger partial charge in [-0.25, -0.2) is 0 Å². The van der Waals surface area contributed by atoms with Crippen molar-refractivity contribution in [1.82, 2.24) is 9.80 Å².